The Morgan fingerprint density at radius 1 is 1.16 bits per heavy atom. The standard InChI is InChI=1S/C17H17N7O/c1-2-24-14-7-6-12(11-13(14)19-22-24)17(25)18-9-8-16-21-20-15-5-3-4-10-23(15)16/h3-7,10-11H,2,8-9H2,1H3,(H,18,25). The second-order valence-corrected chi connectivity index (χ2v) is 5.66. The number of fused-ring (bicyclic) bond motifs is 2. The number of nitrogens with zero attached hydrogens (tertiary/aromatic N) is 6. The van der Waals surface area contributed by atoms with Gasteiger partial charge in [-0.2, -0.15) is 0 Å². The van der Waals surface area contributed by atoms with Crippen molar-refractivity contribution in [1.29, 1.82) is 0 Å². The smallest absolute Gasteiger partial charge is 0.251 e. The number of carbonyl (C=O) groups excluding carboxylic acids is 1. The van der Waals surface area contributed by atoms with E-state index in [1.807, 2.05) is 41.8 Å². The highest BCUT2D eigenvalue weighted by molar-refractivity contribution is 5.97. The van der Waals surface area contributed by atoms with Gasteiger partial charge in [0.25, 0.3) is 5.91 Å². The summed E-state index contributed by atoms with van der Waals surface area (Å²) < 4.78 is 3.72. The van der Waals surface area contributed by atoms with E-state index in [9.17, 15) is 4.79 Å². The first-order valence-corrected chi connectivity index (χ1v) is 8.16. The number of nitrogens with one attached hydrogen (secondary N) is 1. The summed E-state index contributed by atoms with van der Waals surface area (Å²) in [4.78, 5) is 12.3. The summed E-state index contributed by atoms with van der Waals surface area (Å²) >= 11 is 0. The molecule has 8 heteroatoms. The van der Waals surface area contributed by atoms with Gasteiger partial charge in [0.05, 0.1) is 5.52 Å². The molecule has 4 rings (SSSR count). The van der Waals surface area contributed by atoms with Gasteiger partial charge in [0.2, 0.25) is 0 Å². The molecular weight excluding hydrogens is 318 g/mol. The molecule has 0 fully saturated rings. The third-order valence-electron chi connectivity index (χ3n) is 4.09. The van der Waals surface area contributed by atoms with Crippen molar-refractivity contribution in [2.45, 2.75) is 19.9 Å². The summed E-state index contributed by atoms with van der Waals surface area (Å²) in [5.74, 6) is 0.680. The summed E-state index contributed by atoms with van der Waals surface area (Å²) in [6, 6.07) is 11.2. The molecule has 126 valence electrons. The highest BCUT2D eigenvalue weighted by Gasteiger charge is 2.10. The van der Waals surface area contributed by atoms with E-state index in [2.05, 4.69) is 25.8 Å². The van der Waals surface area contributed by atoms with E-state index in [0.717, 1.165) is 29.0 Å². The van der Waals surface area contributed by atoms with Crippen LogP contribution in [0.2, 0.25) is 0 Å². The molecule has 0 aliphatic heterocycles. The molecule has 0 unspecified atom stereocenters. The number of pyridine rings is 1. The van der Waals surface area contributed by atoms with Gasteiger partial charge in [-0.3, -0.25) is 9.20 Å². The largest absolute Gasteiger partial charge is 0.352 e. The number of hydrogen-bond donors (Lipinski definition) is 1. The van der Waals surface area contributed by atoms with Crippen LogP contribution < -0.4 is 5.32 Å². The Bertz CT molecular complexity index is 1050. The van der Waals surface area contributed by atoms with Crippen LogP contribution in [-0.2, 0) is 13.0 Å². The summed E-state index contributed by atoms with van der Waals surface area (Å²) in [6.45, 7) is 3.23. The molecule has 0 spiro atoms. The van der Waals surface area contributed by atoms with Crippen molar-refractivity contribution < 1.29 is 4.79 Å². The van der Waals surface area contributed by atoms with Crippen LogP contribution >= 0.6 is 0 Å². The topological polar surface area (TPSA) is 90.0 Å². The molecule has 1 N–H and O–H groups in total. The van der Waals surface area contributed by atoms with Crippen LogP contribution in [0.25, 0.3) is 16.7 Å². The monoisotopic (exact) mass is 335 g/mol. The Labute approximate surface area is 143 Å². The van der Waals surface area contributed by atoms with Gasteiger partial charge in [-0.25, -0.2) is 4.68 Å². The lowest BCUT2D eigenvalue weighted by molar-refractivity contribution is 0.0954. The molecule has 1 amide bonds. The highest BCUT2D eigenvalue weighted by Crippen LogP contribution is 2.13. The fourth-order valence-corrected chi connectivity index (χ4v) is 2.80. The molecule has 0 bridgehead atoms. The third kappa shape index (κ3) is 2.82. The van der Waals surface area contributed by atoms with Crippen molar-refractivity contribution in [2.24, 2.45) is 0 Å². The van der Waals surface area contributed by atoms with E-state index in [0.29, 0.717) is 18.5 Å². The number of rotatable bonds is 5. The molecule has 0 saturated carbocycles. The number of amides is 1. The number of aryl methyl sites for hydroxylation is 1. The van der Waals surface area contributed by atoms with E-state index in [1.54, 1.807) is 16.8 Å². The fraction of sp³-hybridized carbons (Fsp3) is 0.235. The number of carbonyl (C=O) groups is 1. The van der Waals surface area contributed by atoms with E-state index >= 15 is 0 Å². The molecule has 4 aromatic rings. The van der Waals surface area contributed by atoms with Crippen molar-refractivity contribution in [1.82, 2.24) is 34.9 Å². The van der Waals surface area contributed by atoms with Gasteiger partial charge in [0.15, 0.2) is 5.65 Å². The molecule has 0 radical (unpaired) electrons. The van der Waals surface area contributed by atoms with Gasteiger partial charge >= 0.3 is 0 Å². The van der Waals surface area contributed by atoms with Crippen LogP contribution in [0.5, 0.6) is 0 Å². The number of benzene rings is 1. The first-order valence-electron chi connectivity index (χ1n) is 8.16. The predicted octanol–water partition coefficient (Wildman–Crippen LogP) is 1.47. The Balaban J connectivity index is 1.43. The second-order valence-electron chi connectivity index (χ2n) is 5.66. The van der Waals surface area contributed by atoms with Crippen molar-refractivity contribution in [3.63, 3.8) is 0 Å². The molecule has 0 aliphatic rings. The molecule has 3 heterocycles. The average Bonchev–Trinajstić information content (AvgIpc) is 3.25. The number of aromatic nitrogens is 6. The maximum Gasteiger partial charge on any atom is 0.251 e. The highest BCUT2D eigenvalue weighted by atomic mass is 16.1. The molecular formula is C17H17N7O. The molecule has 0 atom stereocenters. The summed E-state index contributed by atoms with van der Waals surface area (Å²) in [5.41, 5.74) is 3.02. The predicted molar refractivity (Wildman–Crippen MR) is 92.2 cm³/mol. The van der Waals surface area contributed by atoms with Crippen LogP contribution in [0.4, 0.5) is 0 Å². The van der Waals surface area contributed by atoms with Crippen LogP contribution in [0, 0.1) is 0 Å². The zero-order valence-electron chi connectivity index (χ0n) is 13.8. The second kappa shape index (κ2) is 6.31. The van der Waals surface area contributed by atoms with Gasteiger partial charge in [0, 0.05) is 31.3 Å². The first-order chi connectivity index (χ1) is 12.3. The summed E-state index contributed by atoms with van der Waals surface area (Å²) in [6.07, 6.45) is 2.52. The maximum atomic E-state index is 12.3. The van der Waals surface area contributed by atoms with Crippen LogP contribution in [-0.4, -0.2) is 42.0 Å². The Morgan fingerprint density at radius 2 is 2.08 bits per heavy atom. The zero-order chi connectivity index (χ0) is 17.2. The van der Waals surface area contributed by atoms with E-state index in [-0.39, 0.29) is 5.91 Å². The van der Waals surface area contributed by atoms with E-state index < -0.39 is 0 Å². The lowest BCUT2D eigenvalue weighted by Gasteiger charge is -2.05. The molecule has 1 aromatic carbocycles. The average molecular weight is 335 g/mol. The Kier molecular flexibility index (Phi) is 3.85. The van der Waals surface area contributed by atoms with Gasteiger partial charge in [-0.05, 0) is 37.3 Å². The normalized spacial score (nSPS) is 11.2. The quantitative estimate of drug-likeness (QED) is 0.596. The van der Waals surface area contributed by atoms with Crippen molar-refractivity contribution in [3.8, 4) is 0 Å². The van der Waals surface area contributed by atoms with Crippen molar-refractivity contribution >= 4 is 22.6 Å². The molecule has 0 aliphatic carbocycles. The SMILES string of the molecule is CCn1nnc2cc(C(=O)NCCc3nnc4ccccn34)ccc21. The maximum absolute atomic E-state index is 12.3. The molecule has 8 nitrogen and oxygen atoms in total. The Morgan fingerprint density at radius 3 is 2.96 bits per heavy atom. The summed E-state index contributed by atoms with van der Waals surface area (Å²) in [7, 11) is 0. The minimum Gasteiger partial charge on any atom is -0.352 e. The first kappa shape index (κ1) is 15.3. The van der Waals surface area contributed by atoms with Crippen LogP contribution in [0.3, 0.4) is 0 Å². The summed E-state index contributed by atoms with van der Waals surface area (Å²) in [5, 5.41) is 19.3. The van der Waals surface area contributed by atoms with Crippen molar-refractivity contribution in [3.05, 3.63) is 54.0 Å². The van der Waals surface area contributed by atoms with Gasteiger partial charge in [-0.1, -0.05) is 11.3 Å². The minimum absolute atomic E-state index is 0.137. The van der Waals surface area contributed by atoms with E-state index in [1.165, 1.54) is 0 Å². The molecule has 25 heavy (non-hydrogen) atoms. The number of hydrogen-bond acceptors (Lipinski definition) is 5. The van der Waals surface area contributed by atoms with Gasteiger partial charge in [-0.15, -0.1) is 15.3 Å². The van der Waals surface area contributed by atoms with Crippen LogP contribution in [0.15, 0.2) is 42.6 Å². The lowest BCUT2D eigenvalue weighted by atomic mass is 10.2. The Hall–Kier alpha value is -3.29. The van der Waals surface area contributed by atoms with E-state index in [4.69, 9.17) is 0 Å². The molecule has 0 saturated heterocycles. The third-order valence-corrected chi connectivity index (χ3v) is 4.09. The van der Waals surface area contributed by atoms with Crippen LogP contribution in [0.1, 0.15) is 23.1 Å². The van der Waals surface area contributed by atoms with Crippen molar-refractivity contribution in [2.75, 3.05) is 6.54 Å². The fourth-order valence-electron chi connectivity index (χ4n) is 2.80. The van der Waals surface area contributed by atoms with Gasteiger partial charge in [0.1, 0.15) is 11.3 Å². The van der Waals surface area contributed by atoms with Gasteiger partial charge < -0.3 is 5.32 Å². The zero-order valence-corrected chi connectivity index (χ0v) is 13.8. The lowest BCUT2D eigenvalue weighted by Crippen LogP contribution is -2.26. The minimum atomic E-state index is -0.137. The molecule has 3 aromatic heterocycles.